The van der Waals surface area contributed by atoms with Gasteiger partial charge in [-0.15, -0.1) is 0 Å². The fourth-order valence-corrected chi connectivity index (χ4v) is 2.49. The first kappa shape index (κ1) is 12.2. The van der Waals surface area contributed by atoms with E-state index < -0.39 is 0 Å². The normalized spacial score (nSPS) is 28.0. The third-order valence-electron chi connectivity index (χ3n) is 3.26. The second kappa shape index (κ2) is 4.91. The Bertz CT molecular complexity index is 343. The minimum absolute atomic E-state index is 0.0151. The molecule has 6 heteroatoms. The van der Waals surface area contributed by atoms with Gasteiger partial charge in [-0.3, -0.25) is 10.1 Å². The number of nitrogens with one attached hydrogen (secondary N) is 1. The molecule has 0 radical (unpaired) electrons. The Morgan fingerprint density at radius 3 is 3.06 bits per heavy atom. The van der Waals surface area contributed by atoms with Gasteiger partial charge in [0.25, 0.3) is 5.70 Å². The number of nitrogens with zero attached hydrogens (tertiary/aromatic N) is 2. The molecule has 1 saturated heterocycles. The van der Waals surface area contributed by atoms with Crippen LogP contribution in [0.4, 0.5) is 0 Å². The molecule has 2 atom stereocenters. The summed E-state index contributed by atoms with van der Waals surface area (Å²) in [6.45, 7) is 6.20. The van der Waals surface area contributed by atoms with Gasteiger partial charge in [-0.25, -0.2) is 0 Å². The predicted molar refractivity (Wildman–Crippen MR) is 62.5 cm³/mol. The maximum absolute atomic E-state index is 11.1. The zero-order chi connectivity index (χ0) is 12.4. The molecule has 0 spiro atoms. The van der Waals surface area contributed by atoms with Crippen LogP contribution in [0.1, 0.15) is 26.7 Å². The minimum Gasteiger partial charge on any atom is -0.364 e. The number of allylic oxidation sites excluding steroid dienone is 1. The van der Waals surface area contributed by atoms with E-state index in [4.69, 9.17) is 4.74 Å². The fourth-order valence-electron chi connectivity index (χ4n) is 2.49. The molecule has 96 valence electrons. The molecule has 0 aromatic carbocycles. The van der Waals surface area contributed by atoms with Gasteiger partial charge in [0.1, 0.15) is 6.23 Å². The van der Waals surface area contributed by atoms with Gasteiger partial charge in [0.05, 0.1) is 10.8 Å². The summed E-state index contributed by atoms with van der Waals surface area (Å²) in [6, 6.07) is 0. The second-order valence-electron chi connectivity index (χ2n) is 4.57. The number of fused-ring (bicyclic) bond motifs is 1. The maximum Gasteiger partial charge on any atom is 0.288 e. The molecule has 0 amide bonds. The summed E-state index contributed by atoms with van der Waals surface area (Å²) in [7, 11) is 0. The third-order valence-corrected chi connectivity index (χ3v) is 3.26. The van der Waals surface area contributed by atoms with E-state index in [0.29, 0.717) is 24.5 Å². The molecular weight excluding hydrogens is 222 g/mol. The van der Waals surface area contributed by atoms with Crippen LogP contribution in [0.2, 0.25) is 0 Å². The van der Waals surface area contributed by atoms with Crippen LogP contribution in [0, 0.1) is 16.0 Å². The molecule has 0 aromatic heterocycles. The Morgan fingerprint density at radius 2 is 2.41 bits per heavy atom. The van der Waals surface area contributed by atoms with Crippen LogP contribution in [0.15, 0.2) is 11.5 Å². The van der Waals surface area contributed by atoms with Gasteiger partial charge in [0.15, 0.2) is 5.82 Å². The average molecular weight is 241 g/mol. The topological polar surface area (TPSA) is 67.6 Å². The number of hydrogen-bond donors (Lipinski definition) is 1. The molecule has 0 bridgehead atoms. The average Bonchev–Trinajstić information content (AvgIpc) is 2.73. The van der Waals surface area contributed by atoms with Crippen molar-refractivity contribution >= 4 is 0 Å². The smallest absolute Gasteiger partial charge is 0.288 e. The summed E-state index contributed by atoms with van der Waals surface area (Å²) in [5, 5.41) is 14.2. The summed E-state index contributed by atoms with van der Waals surface area (Å²) in [4.78, 5) is 12.8. The highest BCUT2D eigenvalue weighted by atomic mass is 16.6. The molecule has 2 unspecified atom stereocenters. The Kier molecular flexibility index (Phi) is 3.51. The van der Waals surface area contributed by atoms with Gasteiger partial charge in [-0.05, 0) is 6.42 Å². The first-order chi connectivity index (χ1) is 8.15. The lowest BCUT2D eigenvalue weighted by molar-refractivity contribution is -0.439. The number of ether oxygens (including phenoxy) is 1. The van der Waals surface area contributed by atoms with Crippen molar-refractivity contribution in [1.29, 1.82) is 0 Å². The zero-order valence-corrected chi connectivity index (χ0v) is 10.3. The van der Waals surface area contributed by atoms with E-state index in [1.165, 1.54) is 0 Å². The van der Waals surface area contributed by atoms with Gasteiger partial charge in [0.2, 0.25) is 0 Å². The first-order valence-corrected chi connectivity index (χ1v) is 6.15. The summed E-state index contributed by atoms with van der Waals surface area (Å²) < 4.78 is 5.77. The third kappa shape index (κ3) is 2.22. The van der Waals surface area contributed by atoms with Crippen molar-refractivity contribution in [2.45, 2.75) is 32.9 Å². The van der Waals surface area contributed by atoms with E-state index in [2.05, 4.69) is 12.2 Å². The molecular formula is C11H19N3O3. The minimum atomic E-state index is -0.263. The van der Waals surface area contributed by atoms with Gasteiger partial charge >= 0.3 is 0 Å². The number of nitro groups is 1. The molecule has 1 fully saturated rings. The summed E-state index contributed by atoms with van der Waals surface area (Å²) in [5.41, 5.74) is 0.304. The van der Waals surface area contributed by atoms with Crippen molar-refractivity contribution < 1.29 is 9.66 Å². The standard InChI is InChI=1S/C11H19N3O3/c1-3-6-17-9-7-8(2)10(14(15)16)11-12-4-5-13(9)11/h8-9,12H,3-7H2,1-2H3. The van der Waals surface area contributed by atoms with E-state index in [-0.39, 0.29) is 17.1 Å². The Labute approximate surface area is 101 Å². The predicted octanol–water partition coefficient (Wildman–Crippen LogP) is 1.13. The molecule has 17 heavy (non-hydrogen) atoms. The highest BCUT2D eigenvalue weighted by Crippen LogP contribution is 2.33. The van der Waals surface area contributed by atoms with Crippen LogP contribution in [0.25, 0.3) is 0 Å². The van der Waals surface area contributed by atoms with Crippen molar-refractivity contribution in [1.82, 2.24) is 10.2 Å². The zero-order valence-electron chi connectivity index (χ0n) is 10.3. The number of rotatable bonds is 4. The van der Waals surface area contributed by atoms with Crippen LogP contribution in [-0.2, 0) is 4.74 Å². The van der Waals surface area contributed by atoms with Crippen LogP contribution < -0.4 is 5.32 Å². The van der Waals surface area contributed by atoms with Gasteiger partial charge in [-0.1, -0.05) is 13.8 Å². The van der Waals surface area contributed by atoms with Gasteiger partial charge < -0.3 is 15.0 Å². The molecule has 1 N–H and O–H groups in total. The van der Waals surface area contributed by atoms with Crippen LogP contribution in [-0.4, -0.2) is 35.7 Å². The lowest BCUT2D eigenvalue weighted by Gasteiger charge is -2.35. The maximum atomic E-state index is 11.1. The molecule has 0 saturated carbocycles. The molecule has 2 aliphatic heterocycles. The lowest BCUT2D eigenvalue weighted by Crippen LogP contribution is -2.42. The van der Waals surface area contributed by atoms with Crippen molar-refractivity contribution in [3.63, 3.8) is 0 Å². The summed E-state index contributed by atoms with van der Waals surface area (Å²) in [6.07, 6.45) is 1.65. The number of hydrogen-bond acceptors (Lipinski definition) is 5. The van der Waals surface area contributed by atoms with Crippen LogP contribution >= 0.6 is 0 Å². The van der Waals surface area contributed by atoms with Crippen molar-refractivity contribution in [3.8, 4) is 0 Å². The van der Waals surface area contributed by atoms with E-state index in [9.17, 15) is 10.1 Å². The fraction of sp³-hybridized carbons (Fsp3) is 0.818. The van der Waals surface area contributed by atoms with Gasteiger partial charge in [0, 0.05) is 26.1 Å². The van der Waals surface area contributed by atoms with E-state index in [1.54, 1.807) is 0 Å². The molecule has 0 aromatic rings. The molecule has 0 aliphatic carbocycles. The van der Waals surface area contributed by atoms with E-state index in [0.717, 1.165) is 19.5 Å². The van der Waals surface area contributed by atoms with Crippen LogP contribution in [0.3, 0.4) is 0 Å². The highest BCUT2D eigenvalue weighted by Gasteiger charge is 2.41. The van der Waals surface area contributed by atoms with Crippen molar-refractivity contribution in [3.05, 3.63) is 21.6 Å². The van der Waals surface area contributed by atoms with E-state index >= 15 is 0 Å². The van der Waals surface area contributed by atoms with Crippen LogP contribution in [0.5, 0.6) is 0 Å². The lowest BCUT2D eigenvalue weighted by atomic mass is 9.98. The SMILES string of the molecule is CCCOC1CC(C)C([N+](=O)[O-])=C2NCCN21. The molecule has 2 aliphatic rings. The summed E-state index contributed by atoms with van der Waals surface area (Å²) in [5.74, 6) is 0.596. The summed E-state index contributed by atoms with van der Waals surface area (Å²) >= 11 is 0. The van der Waals surface area contributed by atoms with Crippen molar-refractivity contribution in [2.24, 2.45) is 5.92 Å². The monoisotopic (exact) mass is 241 g/mol. The Balaban J connectivity index is 2.22. The first-order valence-electron chi connectivity index (χ1n) is 6.15. The molecule has 2 heterocycles. The van der Waals surface area contributed by atoms with E-state index in [1.807, 2.05) is 11.8 Å². The largest absolute Gasteiger partial charge is 0.364 e. The second-order valence-corrected chi connectivity index (χ2v) is 4.57. The highest BCUT2D eigenvalue weighted by molar-refractivity contribution is 5.15. The quantitative estimate of drug-likeness (QED) is 0.590. The molecule has 2 rings (SSSR count). The Morgan fingerprint density at radius 1 is 1.65 bits per heavy atom. The van der Waals surface area contributed by atoms with Gasteiger partial charge in [-0.2, -0.15) is 0 Å². The Hall–Kier alpha value is -1.30. The van der Waals surface area contributed by atoms with Crippen molar-refractivity contribution in [2.75, 3.05) is 19.7 Å². The molecule has 6 nitrogen and oxygen atoms in total.